The highest BCUT2D eigenvalue weighted by molar-refractivity contribution is 5.95. The number of morpholine rings is 1. The van der Waals surface area contributed by atoms with Crippen LogP contribution in [0.15, 0.2) is 36.4 Å². The summed E-state index contributed by atoms with van der Waals surface area (Å²) in [5, 5.41) is 0. The smallest absolute Gasteiger partial charge is 0.227 e. The third-order valence-corrected chi connectivity index (χ3v) is 4.85. The maximum Gasteiger partial charge on any atom is 0.227 e. The number of carbonyl (C=O) groups excluding carboxylic acids is 1. The van der Waals surface area contributed by atoms with Gasteiger partial charge in [0.2, 0.25) is 11.9 Å². The Labute approximate surface area is 152 Å². The Morgan fingerprint density at radius 3 is 2.69 bits per heavy atom. The maximum atomic E-state index is 12.4. The summed E-state index contributed by atoms with van der Waals surface area (Å²) in [4.78, 5) is 25.4. The molecule has 2 fully saturated rings. The van der Waals surface area contributed by atoms with Crippen molar-refractivity contribution >= 4 is 23.4 Å². The van der Waals surface area contributed by atoms with E-state index in [1.807, 2.05) is 41.3 Å². The molecule has 2 N–H and O–H groups in total. The topological polar surface area (TPSA) is 84.6 Å². The monoisotopic (exact) mass is 353 g/mol. The van der Waals surface area contributed by atoms with Crippen LogP contribution in [0.5, 0.6) is 0 Å². The molecular weight excluding hydrogens is 330 g/mol. The van der Waals surface area contributed by atoms with Crippen LogP contribution in [0, 0.1) is 5.92 Å². The molecule has 1 unspecified atom stereocenters. The lowest BCUT2D eigenvalue weighted by Crippen LogP contribution is -2.37. The van der Waals surface area contributed by atoms with Crippen molar-refractivity contribution in [1.29, 1.82) is 0 Å². The fourth-order valence-electron chi connectivity index (χ4n) is 3.59. The van der Waals surface area contributed by atoms with Crippen LogP contribution in [0.4, 0.5) is 17.5 Å². The summed E-state index contributed by atoms with van der Waals surface area (Å²) in [6.07, 6.45) is 1.25. The van der Waals surface area contributed by atoms with Crippen molar-refractivity contribution in [3.63, 3.8) is 0 Å². The van der Waals surface area contributed by atoms with Gasteiger partial charge in [0.25, 0.3) is 0 Å². The molecule has 1 aromatic carbocycles. The highest BCUT2D eigenvalue weighted by Gasteiger charge is 2.31. The number of nitrogen functional groups attached to an aromatic ring is 1. The molecule has 2 aliphatic rings. The van der Waals surface area contributed by atoms with Gasteiger partial charge in [-0.25, -0.2) is 4.98 Å². The molecule has 7 nitrogen and oxygen atoms in total. The van der Waals surface area contributed by atoms with E-state index in [1.165, 1.54) is 0 Å². The van der Waals surface area contributed by atoms with E-state index < -0.39 is 0 Å². The lowest BCUT2D eigenvalue weighted by molar-refractivity contribution is -0.117. The average molecular weight is 353 g/mol. The van der Waals surface area contributed by atoms with Gasteiger partial charge in [-0.2, -0.15) is 4.98 Å². The molecular formula is C19H23N5O2. The van der Waals surface area contributed by atoms with Crippen LogP contribution in [0.25, 0.3) is 0 Å². The van der Waals surface area contributed by atoms with Crippen LogP contribution in [-0.4, -0.2) is 48.7 Å². The Hall–Kier alpha value is -2.67. The van der Waals surface area contributed by atoms with Crippen molar-refractivity contribution in [3.8, 4) is 0 Å². The normalized spacial score (nSPS) is 20.6. The van der Waals surface area contributed by atoms with Gasteiger partial charge in [0.15, 0.2) is 0 Å². The van der Waals surface area contributed by atoms with Gasteiger partial charge in [-0.15, -0.1) is 0 Å². The van der Waals surface area contributed by atoms with Crippen molar-refractivity contribution in [1.82, 2.24) is 9.97 Å². The van der Waals surface area contributed by atoms with Gasteiger partial charge in [-0.1, -0.05) is 18.2 Å². The van der Waals surface area contributed by atoms with Crippen LogP contribution in [0.2, 0.25) is 0 Å². The van der Waals surface area contributed by atoms with Crippen molar-refractivity contribution in [3.05, 3.63) is 42.1 Å². The largest absolute Gasteiger partial charge is 0.384 e. The maximum absolute atomic E-state index is 12.4. The molecule has 3 heterocycles. The molecule has 4 rings (SSSR count). The minimum absolute atomic E-state index is 0.164. The molecule has 1 atom stereocenters. The van der Waals surface area contributed by atoms with Gasteiger partial charge in [0.1, 0.15) is 5.82 Å². The summed E-state index contributed by atoms with van der Waals surface area (Å²) >= 11 is 0. The zero-order chi connectivity index (χ0) is 17.9. The molecule has 1 aromatic heterocycles. The molecule has 0 bridgehead atoms. The Kier molecular flexibility index (Phi) is 4.71. The number of nitrogens with two attached hydrogens (primary N) is 1. The predicted octanol–water partition coefficient (Wildman–Crippen LogP) is 1.49. The number of aromatic nitrogens is 2. The van der Waals surface area contributed by atoms with Crippen LogP contribution >= 0.6 is 0 Å². The number of hydrogen-bond acceptors (Lipinski definition) is 6. The number of benzene rings is 1. The summed E-state index contributed by atoms with van der Waals surface area (Å²) < 4.78 is 5.38. The highest BCUT2D eigenvalue weighted by Crippen LogP contribution is 2.27. The minimum Gasteiger partial charge on any atom is -0.384 e. The van der Waals surface area contributed by atoms with E-state index in [-0.39, 0.29) is 11.8 Å². The first-order valence-corrected chi connectivity index (χ1v) is 9.00. The Morgan fingerprint density at radius 2 is 1.92 bits per heavy atom. The van der Waals surface area contributed by atoms with Crippen molar-refractivity contribution in [2.24, 2.45) is 5.92 Å². The minimum atomic E-state index is 0.164. The summed E-state index contributed by atoms with van der Waals surface area (Å²) in [6, 6.07) is 11.6. The molecule has 0 aliphatic carbocycles. The Morgan fingerprint density at radius 1 is 1.15 bits per heavy atom. The first-order chi connectivity index (χ1) is 12.7. The molecule has 2 aliphatic heterocycles. The number of para-hydroxylation sites is 1. The van der Waals surface area contributed by atoms with Crippen LogP contribution in [0.3, 0.4) is 0 Å². The molecule has 1 amide bonds. The fraction of sp³-hybridized carbons (Fsp3) is 0.421. The van der Waals surface area contributed by atoms with E-state index in [0.29, 0.717) is 37.9 Å². The van der Waals surface area contributed by atoms with Crippen molar-refractivity contribution < 1.29 is 9.53 Å². The molecule has 0 radical (unpaired) electrons. The van der Waals surface area contributed by atoms with Gasteiger partial charge in [0, 0.05) is 43.5 Å². The standard InChI is InChI=1S/C19H23N5O2/c20-17-12-15(21-19(22-17)23-6-8-26-9-7-23)10-14-11-18(25)24(13-14)16-4-2-1-3-5-16/h1-5,12,14H,6-11,13H2,(H2,20,21,22). The van der Waals surface area contributed by atoms with E-state index in [0.717, 1.165) is 30.9 Å². The third-order valence-electron chi connectivity index (χ3n) is 4.85. The van der Waals surface area contributed by atoms with Gasteiger partial charge in [0.05, 0.1) is 13.2 Å². The number of nitrogens with zero attached hydrogens (tertiary/aromatic N) is 4. The number of anilines is 3. The van der Waals surface area contributed by atoms with Gasteiger partial charge in [-0.3, -0.25) is 4.79 Å². The molecule has 0 saturated carbocycles. The second-order valence-corrected chi connectivity index (χ2v) is 6.80. The van der Waals surface area contributed by atoms with Crippen LogP contribution < -0.4 is 15.5 Å². The van der Waals surface area contributed by atoms with Crippen LogP contribution in [0.1, 0.15) is 12.1 Å². The Bertz CT molecular complexity index is 777. The fourth-order valence-corrected chi connectivity index (χ4v) is 3.59. The van der Waals surface area contributed by atoms with E-state index in [1.54, 1.807) is 0 Å². The van der Waals surface area contributed by atoms with Crippen molar-refractivity contribution in [2.45, 2.75) is 12.8 Å². The van der Waals surface area contributed by atoms with Gasteiger partial charge < -0.3 is 20.3 Å². The van der Waals surface area contributed by atoms with E-state index >= 15 is 0 Å². The third kappa shape index (κ3) is 3.62. The zero-order valence-electron chi connectivity index (χ0n) is 14.7. The lowest BCUT2D eigenvalue weighted by atomic mass is 10.0. The number of carbonyl (C=O) groups is 1. The summed E-state index contributed by atoms with van der Waals surface area (Å²) in [5.74, 6) is 1.53. The predicted molar refractivity (Wildman–Crippen MR) is 100 cm³/mol. The van der Waals surface area contributed by atoms with E-state index in [9.17, 15) is 4.79 Å². The van der Waals surface area contributed by atoms with E-state index in [2.05, 4.69) is 9.88 Å². The Balaban J connectivity index is 1.47. The van der Waals surface area contributed by atoms with Gasteiger partial charge in [-0.05, 0) is 24.5 Å². The molecule has 136 valence electrons. The second-order valence-electron chi connectivity index (χ2n) is 6.80. The lowest BCUT2D eigenvalue weighted by Gasteiger charge is -2.27. The molecule has 2 saturated heterocycles. The summed E-state index contributed by atoms with van der Waals surface area (Å²) in [5.41, 5.74) is 7.85. The second kappa shape index (κ2) is 7.29. The molecule has 0 spiro atoms. The zero-order valence-corrected chi connectivity index (χ0v) is 14.7. The average Bonchev–Trinajstić information content (AvgIpc) is 3.03. The number of hydrogen-bond donors (Lipinski definition) is 1. The quantitative estimate of drug-likeness (QED) is 0.896. The highest BCUT2D eigenvalue weighted by atomic mass is 16.5. The number of ether oxygens (including phenoxy) is 1. The first kappa shape index (κ1) is 16.8. The number of amides is 1. The first-order valence-electron chi connectivity index (χ1n) is 9.00. The van der Waals surface area contributed by atoms with Crippen molar-refractivity contribution in [2.75, 3.05) is 48.4 Å². The molecule has 26 heavy (non-hydrogen) atoms. The molecule has 7 heteroatoms. The molecule has 2 aromatic rings. The number of rotatable bonds is 4. The summed E-state index contributed by atoms with van der Waals surface area (Å²) in [7, 11) is 0. The van der Waals surface area contributed by atoms with Gasteiger partial charge >= 0.3 is 0 Å². The van der Waals surface area contributed by atoms with E-state index in [4.69, 9.17) is 15.5 Å². The SMILES string of the molecule is Nc1cc(CC2CC(=O)N(c3ccccc3)C2)nc(N2CCOCC2)n1. The summed E-state index contributed by atoms with van der Waals surface area (Å²) in [6.45, 7) is 3.60. The van der Waals surface area contributed by atoms with Crippen LogP contribution in [-0.2, 0) is 16.0 Å².